The largest absolute Gasteiger partial charge is 0.480 e. The number of hydrogen-bond acceptors (Lipinski definition) is 2. The van der Waals surface area contributed by atoms with Gasteiger partial charge >= 0.3 is 12.0 Å². The van der Waals surface area contributed by atoms with Gasteiger partial charge in [0.2, 0.25) is 0 Å². The molecule has 5 heteroatoms. The van der Waals surface area contributed by atoms with E-state index in [9.17, 15) is 14.7 Å². The van der Waals surface area contributed by atoms with Crippen molar-refractivity contribution < 1.29 is 14.7 Å². The number of likely N-dealkylation sites (N-methyl/N-ethyl adjacent to an activating group) is 1. The van der Waals surface area contributed by atoms with Gasteiger partial charge in [0.05, 0.1) is 0 Å². The van der Waals surface area contributed by atoms with Gasteiger partial charge in [-0.15, -0.1) is 0 Å². The Kier molecular flexibility index (Phi) is 4.76. The van der Waals surface area contributed by atoms with Crippen molar-refractivity contribution in [1.82, 2.24) is 4.90 Å². The molecule has 0 aliphatic rings. The highest BCUT2D eigenvalue weighted by Gasteiger charge is 2.37. The third-order valence-corrected chi connectivity index (χ3v) is 3.51. The van der Waals surface area contributed by atoms with Crippen LogP contribution in [0.25, 0.3) is 0 Å². The highest BCUT2D eigenvalue weighted by molar-refractivity contribution is 5.95. The summed E-state index contributed by atoms with van der Waals surface area (Å²) in [5.74, 6) is -1.03. The van der Waals surface area contributed by atoms with Crippen LogP contribution in [0, 0.1) is 6.92 Å². The van der Waals surface area contributed by atoms with Crippen molar-refractivity contribution >= 4 is 17.7 Å². The van der Waals surface area contributed by atoms with Crippen molar-refractivity contribution in [3.05, 3.63) is 29.8 Å². The monoisotopic (exact) mass is 278 g/mol. The number of carboxylic acid groups (broad SMARTS) is 1. The van der Waals surface area contributed by atoms with E-state index in [1.165, 1.54) is 25.8 Å². The van der Waals surface area contributed by atoms with Gasteiger partial charge in [-0.05, 0) is 45.4 Å². The summed E-state index contributed by atoms with van der Waals surface area (Å²) in [5, 5.41) is 9.22. The van der Waals surface area contributed by atoms with Gasteiger partial charge in [0, 0.05) is 19.3 Å². The third kappa shape index (κ3) is 3.10. The van der Waals surface area contributed by atoms with E-state index in [2.05, 4.69) is 0 Å². The molecule has 5 nitrogen and oxygen atoms in total. The second kappa shape index (κ2) is 5.94. The number of aliphatic carboxylic acids is 1. The van der Waals surface area contributed by atoms with E-state index in [0.29, 0.717) is 6.54 Å². The van der Waals surface area contributed by atoms with Crippen LogP contribution in [0.4, 0.5) is 10.5 Å². The van der Waals surface area contributed by atoms with Crippen molar-refractivity contribution in [2.24, 2.45) is 0 Å². The van der Waals surface area contributed by atoms with Gasteiger partial charge in [0.1, 0.15) is 5.54 Å². The molecule has 0 radical (unpaired) electrons. The molecule has 0 unspecified atom stereocenters. The summed E-state index contributed by atoms with van der Waals surface area (Å²) < 4.78 is 0. The Labute approximate surface area is 119 Å². The molecule has 0 aromatic heterocycles. The summed E-state index contributed by atoms with van der Waals surface area (Å²) in [7, 11) is 1.51. The number of anilines is 1. The van der Waals surface area contributed by atoms with Crippen LogP contribution in [-0.4, -0.2) is 41.1 Å². The molecule has 0 aliphatic carbocycles. The maximum Gasteiger partial charge on any atom is 0.329 e. The van der Waals surface area contributed by atoms with E-state index in [0.717, 1.165) is 11.3 Å². The van der Waals surface area contributed by atoms with Gasteiger partial charge in [0.15, 0.2) is 0 Å². The fraction of sp³-hybridized carbons (Fsp3) is 0.467. The first kappa shape index (κ1) is 16.0. The molecule has 0 fully saturated rings. The first-order chi connectivity index (χ1) is 9.21. The Morgan fingerprint density at radius 3 is 2.35 bits per heavy atom. The highest BCUT2D eigenvalue weighted by Crippen LogP contribution is 2.21. The zero-order chi connectivity index (χ0) is 15.5. The summed E-state index contributed by atoms with van der Waals surface area (Å²) in [5.41, 5.74) is 0.563. The van der Waals surface area contributed by atoms with Crippen LogP contribution in [-0.2, 0) is 4.79 Å². The van der Waals surface area contributed by atoms with E-state index >= 15 is 0 Å². The van der Waals surface area contributed by atoms with Crippen LogP contribution in [0.5, 0.6) is 0 Å². The van der Waals surface area contributed by atoms with Gasteiger partial charge in [0.25, 0.3) is 0 Å². The number of urea groups is 1. The average Bonchev–Trinajstić information content (AvgIpc) is 2.38. The molecule has 1 rings (SSSR count). The maximum atomic E-state index is 12.5. The predicted molar refractivity (Wildman–Crippen MR) is 79.1 cm³/mol. The lowest BCUT2D eigenvalue weighted by molar-refractivity contribution is -0.146. The molecule has 1 aromatic carbocycles. The van der Waals surface area contributed by atoms with Crippen molar-refractivity contribution in [2.75, 3.05) is 18.5 Å². The van der Waals surface area contributed by atoms with Crippen molar-refractivity contribution in [1.29, 1.82) is 0 Å². The third-order valence-electron chi connectivity index (χ3n) is 3.51. The van der Waals surface area contributed by atoms with Gasteiger partial charge in [-0.2, -0.15) is 0 Å². The predicted octanol–water partition coefficient (Wildman–Crippen LogP) is 2.74. The molecule has 1 aromatic rings. The number of benzene rings is 1. The minimum atomic E-state index is -1.26. The van der Waals surface area contributed by atoms with Crippen LogP contribution in [0.3, 0.4) is 0 Å². The summed E-state index contributed by atoms with van der Waals surface area (Å²) in [4.78, 5) is 26.6. The second-order valence-corrected chi connectivity index (χ2v) is 5.29. The van der Waals surface area contributed by atoms with E-state index < -0.39 is 11.5 Å². The first-order valence-corrected chi connectivity index (χ1v) is 6.57. The topological polar surface area (TPSA) is 60.9 Å². The fourth-order valence-electron chi connectivity index (χ4n) is 1.79. The van der Waals surface area contributed by atoms with Crippen LogP contribution in [0.15, 0.2) is 24.3 Å². The molecule has 0 atom stereocenters. The smallest absolute Gasteiger partial charge is 0.329 e. The molecular formula is C15H22N2O3. The normalized spacial score (nSPS) is 11.1. The Hall–Kier alpha value is -2.04. The Bertz CT molecular complexity index is 512. The molecule has 0 spiro atoms. The molecule has 0 aliphatic heterocycles. The van der Waals surface area contributed by atoms with E-state index in [-0.39, 0.29) is 6.03 Å². The van der Waals surface area contributed by atoms with Crippen LogP contribution in [0.2, 0.25) is 0 Å². The average molecular weight is 278 g/mol. The lowest BCUT2D eigenvalue weighted by atomic mass is 10.0. The minimum absolute atomic E-state index is 0.328. The molecule has 0 bridgehead atoms. The van der Waals surface area contributed by atoms with Gasteiger partial charge < -0.3 is 10.0 Å². The minimum Gasteiger partial charge on any atom is -0.480 e. The number of carbonyl (C=O) groups is 2. The lowest BCUT2D eigenvalue weighted by Crippen LogP contribution is -2.55. The molecule has 0 saturated heterocycles. The number of rotatable bonds is 4. The number of nitrogens with zero attached hydrogens (tertiary/aromatic N) is 2. The summed E-state index contributed by atoms with van der Waals surface area (Å²) >= 11 is 0. The summed E-state index contributed by atoms with van der Waals surface area (Å²) in [6, 6.07) is 7.25. The van der Waals surface area contributed by atoms with E-state index in [1.54, 1.807) is 4.90 Å². The second-order valence-electron chi connectivity index (χ2n) is 5.29. The molecule has 0 heterocycles. The number of hydrogen-bond donors (Lipinski definition) is 1. The summed E-state index contributed by atoms with van der Waals surface area (Å²) in [6.45, 7) is 7.31. The van der Waals surface area contributed by atoms with Gasteiger partial charge in [-0.1, -0.05) is 12.1 Å². The van der Waals surface area contributed by atoms with E-state index in [1.807, 2.05) is 38.1 Å². The standard InChI is InChI=1S/C15H22N2O3/c1-6-17(12-9-7-8-11(2)10-12)14(20)16(5)15(3,4)13(18)19/h7-10H,6H2,1-5H3,(H,18,19). The molecule has 1 N–H and O–H groups in total. The molecule has 0 saturated carbocycles. The Balaban J connectivity index is 3.07. The van der Waals surface area contributed by atoms with Crippen molar-refractivity contribution in [3.63, 3.8) is 0 Å². The highest BCUT2D eigenvalue weighted by atomic mass is 16.4. The van der Waals surface area contributed by atoms with Crippen molar-refractivity contribution in [3.8, 4) is 0 Å². The van der Waals surface area contributed by atoms with Gasteiger partial charge in [-0.25, -0.2) is 9.59 Å². The number of aryl methyl sites for hydroxylation is 1. The summed E-state index contributed by atoms with van der Waals surface area (Å²) in [6.07, 6.45) is 0. The van der Waals surface area contributed by atoms with Crippen molar-refractivity contribution in [2.45, 2.75) is 33.2 Å². The number of carboxylic acids is 1. The molecule has 2 amide bonds. The zero-order valence-electron chi connectivity index (χ0n) is 12.7. The van der Waals surface area contributed by atoms with E-state index in [4.69, 9.17) is 0 Å². The van der Waals surface area contributed by atoms with Gasteiger partial charge in [-0.3, -0.25) is 4.90 Å². The molecule has 110 valence electrons. The number of carbonyl (C=O) groups excluding carboxylic acids is 1. The fourth-order valence-corrected chi connectivity index (χ4v) is 1.79. The van der Waals surface area contributed by atoms with Crippen LogP contribution in [0.1, 0.15) is 26.3 Å². The Morgan fingerprint density at radius 1 is 1.30 bits per heavy atom. The molecular weight excluding hydrogens is 256 g/mol. The number of amides is 2. The maximum absolute atomic E-state index is 12.5. The quantitative estimate of drug-likeness (QED) is 0.921. The van der Waals surface area contributed by atoms with Crippen LogP contribution < -0.4 is 4.90 Å². The molecule has 20 heavy (non-hydrogen) atoms. The Morgan fingerprint density at radius 2 is 1.90 bits per heavy atom. The lowest BCUT2D eigenvalue weighted by Gasteiger charge is -2.35. The zero-order valence-corrected chi connectivity index (χ0v) is 12.7. The SMILES string of the molecule is CCN(C(=O)N(C)C(C)(C)C(=O)O)c1cccc(C)c1. The first-order valence-electron chi connectivity index (χ1n) is 6.57. The van der Waals surface area contributed by atoms with Crippen LogP contribution >= 0.6 is 0 Å².